The number of nitrogens with one attached hydrogen (secondary N) is 1. The van der Waals surface area contributed by atoms with E-state index in [1.54, 1.807) is 41.2 Å². The average molecular weight is 429 g/mol. The largest absolute Gasteiger partial charge is 0.495 e. The standard InChI is InChI=1S/C20H21ClN6O3/c1-12-8-13(2)27(25-12)18-7-4-14(10-23-18)20(22)26-30-11-19(28)24-15-5-6-17(29-3)16(21)9-15/h4-10H,11H2,1-3H3,(H2,22,26)(H,24,28). The number of benzene rings is 1. The first-order chi connectivity index (χ1) is 14.4. The van der Waals surface area contributed by atoms with Crippen LogP contribution in [0.5, 0.6) is 5.75 Å². The molecule has 0 saturated carbocycles. The smallest absolute Gasteiger partial charge is 0.265 e. The van der Waals surface area contributed by atoms with Crippen LogP contribution >= 0.6 is 11.6 Å². The molecule has 0 aliphatic heterocycles. The number of pyridine rings is 1. The van der Waals surface area contributed by atoms with Crippen LogP contribution in [0.2, 0.25) is 5.02 Å². The van der Waals surface area contributed by atoms with Gasteiger partial charge in [-0.25, -0.2) is 9.67 Å². The van der Waals surface area contributed by atoms with Crippen LogP contribution in [-0.4, -0.2) is 40.2 Å². The van der Waals surface area contributed by atoms with E-state index in [1.165, 1.54) is 7.11 Å². The summed E-state index contributed by atoms with van der Waals surface area (Å²) in [5, 5.41) is 11.2. The first kappa shape index (κ1) is 21.1. The molecule has 9 nitrogen and oxygen atoms in total. The summed E-state index contributed by atoms with van der Waals surface area (Å²) in [6.07, 6.45) is 1.56. The van der Waals surface area contributed by atoms with Crippen LogP contribution in [0.15, 0.2) is 47.8 Å². The van der Waals surface area contributed by atoms with Crippen LogP contribution in [-0.2, 0) is 9.63 Å². The number of aromatic nitrogens is 3. The lowest BCUT2D eigenvalue weighted by Crippen LogP contribution is -2.19. The highest BCUT2D eigenvalue weighted by Gasteiger charge is 2.08. The third-order valence-electron chi connectivity index (χ3n) is 4.06. The highest BCUT2D eigenvalue weighted by atomic mass is 35.5. The van der Waals surface area contributed by atoms with Gasteiger partial charge in [-0.05, 0) is 50.2 Å². The van der Waals surface area contributed by atoms with Crippen LogP contribution < -0.4 is 15.8 Å². The maximum Gasteiger partial charge on any atom is 0.265 e. The molecule has 0 saturated heterocycles. The predicted octanol–water partition coefficient (Wildman–Crippen LogP) is 2.82. The molecular weight excluding hydrogens is 408 g/mol. The van der Waals surface area contributed by atoms with Crippen molar-refractivity contribution in [2.45, 2.75) is 13.8 Å². The first-order valence-corrected chi connectivity index (χ1v) is 9.34. The van der Waals surface area contributed by atoms with Gasteiger partial charge in [-0.1, -0.05) is 16.8 Å². The minimum Gasteiger partial charge on any atom is -0.495 e. The van der Waals surface area contributed by atoms with Gasteiger partial charge in [0.15, 0.2) is 18.3 Å². The molecule has 0 atom stereocenters. The Morgan fingerprint density at radius 1 is 1.27 bits per heavy atom. The maximum absolute atomic E-state index is 12.0. The lowest BCUT2D eigenvalue weighted by atomic mass is 10.2. The Balaban J connectivity index is 1.56. The summed E-state index contributed by atoms with van der Waals surface area (Å²) in [4.78, 5) is 21.4. The van der Waals surface area contributed by atoms with Gasteiger partial charge in [-0.2, -0.15) is 5.10 Å². The van der Waals surface area contributed by atoms with Gasteiger partial charge in [0.05, 0.1) is 17.8 Å². The van der Waals surface area contributed by atoms with Gasteiger partial charge < -0.3 is 20.6 Å². The number of nitrogens with two attached hydrogens (primary N) is 1. The van der Waals surface area contributed by atoms with E-state index in [1.807, 2.05) is 19.9 Å². The second kappa shape index (κ2) is 9.27. The Bertz CT molecular complexity index is 1080. The fourth-order valence-corrected chi connectivity index (χ4v) is 2.94. The molecule has 0 aliphatic rings. The fraction of sp³-hybridized carbons (Fsp3) is 0.200. The Morgan fingerprint density at radius 3 is 2.67 bits per heavy atom. The van der Waals surface area contributed by atoms with Crippen LogP contribution in [0, 0.1) is 13.8 Å². The minimum absolute atomic E-state index is 0.0997. The number of anilines is 1. The summed E-state index contributed by atoms with van der Waals surface area (Å²) < 4.78 is 6.80. The van der Waals surface area contributed by atoms with Crippen molar-refractivity contribution in [1.29, 1.82) is 0 Å². The van der Waals surface area contributed by atoms with Gasteiger partial charge in [0, 0.05) is 23.1 Å². The molecule has 30 heavy (non-hydrogen) atoms. The van der Waals surface area contributed by atoms with E-state index < -0.39 is 5.91 Å². The lowest BCUT2D eigenvalue weighted by Gasteiger charge is -2.08. The number of rotatable bonds is 7. The highest BCUT2D eigenvalue weighted by Crippen LogP contribution is 2.27. The normalized spacial score (nSPS) is 11.3. The highest BCUT2D eigenvalue weighted by molar-refractivity contribution is 6.32. The molecule has 3 aromatic rings. The van der Waals surface area contributed by atoms with Crippen LogP contribution in [0.4, 0.5) is 5.69 Å². The summed E-state index contributed by atoms with van der Waals surface area (Å²) in [5.74, 6) is 0.866. The van der Waals surface area contributed by atoms with Crippen molar-refractivity contribution in [2.24, 2.45) is 10.9 Å². The van der Waals surface area contributed by atoms with Crippen molar-refractivity contribution in [3.8, 4) is 11.6 Å². The van der Waals surface area contributed by atoms with Crippen molar-refractivity contribution >= 4 is 29.0 Å². The van der Waals surface area contributed by atoms with E-state index in [0.717, 1.165) is 11.4 Å². The van der Waals surface area contributed by atoms with E-state index in [2.05, 4.69) is 20.6 Å². The number of nitrogens with zero attached hydrogens (tertiary/aromatic N) is 4. The molecule has 10 heteroatoms. The number of methoxy groups -OCH3 is 1. The molecule has 0 radical (unpaired) electrons. The zero-order valence-electron chi connectivity index (χ0n) is 16.7. The number of amides is 1. The molecule has 1 aromatic carbocycles. The van der Waals surface area contributed by atoms with Crippen LogP contribution in [0.1, 0.15) is 17.0 Å². The summed E-state index contributed by atoms with van der Waals surface area (Å²) in [6, 6.07) is 10.4. The van der Waals surface area contributed by atoms with E-state index in [-0.39, 0.29) is 12.4 Å². The number of carbonyl (C=O) groups excluding carboxylic acids is 1. The lowest BCUT2D eigenvalue weighted by molar-refractivity contribution is -0.120. The molecule has 0 aliphatic carbocycles. The summed E-state index contributed by atoms with van der Waals surface area (Å²) in [6.45, 7) is 3.55. The van der Waals surface area contributed by atoms with Gasteiger partial charge in [0.1, 0.15) is 5.75 Å². The van der Waals surface area contributed by atoms with Crippen molar-refractivity contribution in [1.82, 2.24) is 14.8 Å². The van der Waals surface area contributed by atoms with E-state index in [4.69, 9.17) is 26.9 Å². The molecule has 0 bridgehead atoms. The fourth-order valence-electron chi connectivity index (χ4n) is 2.68. The summed E-state index contributed by atoms with van der Waals surface area (Å²) in [5.41, 5.74) is 8.85. The van der Waals surface area contributed by atoms with Crippen molar-refractivity contribution in [2.75, 3.05) is 19.0 Å². The van der Waals surface area contributed by atoms with E-state index in [0.29, 0.717) is 27.8 Å². The zero-order valence-corrected chi connectivity index (χ0v) is 17.5. The number of carbonyl (C=O) groups is 1. The van der Waals surface area contributed by atoms with Gasteiger partial charge in [0.2, 0.25) is 0 Å². The zero-order chi connectivity index (χ0) is 21.7. The topological polar surface area (TPSA) is 117 Å². The molecule has 3 rings (SSSR count). The summed E-state index contributed by atoms with van der Waals surface area (Å²) >= 11 is 6.03. The van der Waals surface area contributed by atoms with E-state index in [9.17, 15) is 4.79 Å². The molecule has 3 N–H and O–H groups in total. The molecule has 0 unspecified atom stereocenters. The molecule has 156 valence electrons. The maximum atomic E-state index is 12.0. The van der Waals surface area contributed by atoms with Gasteiger partial charge in [-0.15, -0.1) is 0 Å². The second-order valence-corrected chi connectivity index (χ2v) is 6.80. The average Bonchev–Trinajstić information content (AvgIpc) is 3.06. The number of amidine groups is 1. The van der Waals surface area contributed by atoms with Gasteiger partial charge in [0.25, 0.3) is 5.91 Å². The number of aryl methyl sites for hydroxylation is 2. The summed E-state index contributed by atoms with van der Waals surface area (Å²) in [7, 11) is 1.51. The number of halogens is 1. The third-order valence-corrected chi connectivity index (χ3v) is 4.36. The number of oxime groups is 1. The van der Waals surface area contributed by atoms with Gasteiger partial charge >= 0.3 is 0 Å². The Morgan fingerprint density at radius 2 is 2.07 bits per heavy atom. The first-order valence-electron chi connectivity index (χ1n) is 8.96. The molecular formula is C20H21ClN6O3. The molecule has 1 amide bonds. The SMILES string of the molecule is COc1ccc(NC(=O)CON=C(N)c2ccc(-n3nc(C)cc3C)nc2)cc1Cl. The monoisotopic (exact) mass is 428 g/mol. The molecule has 0 spiro atoms. The quantitative estimate of drug-likeness (QED) is 0.339. The minimum atomic E-state index is -0.411. The molecule has 2 heterocycles. The second-order valence-electron chi connectivity index (χ2n) is 6.39. The third kappa shape index (κ3) is 5.06. The van der Waals surface area contributed by atoms with Crippen molar-refractivity contribution < 1.29 is 14.4 Å². The van der Waals surface area contributed by atoms with Crippen molar-refractivity contribution in [3.05, 3.63) is 64.6 Å². The Kier molecular flexibility index (Phi) is 6.53. The Labute approximate surface area is 178 Å². The van der Waals surface area contributed by atoms with Gasteiger partial charge in [-0.3, -0.25) is 4.79 Å². The number of ether oxygens (including phenoxy) is 1. The van der Waals surface area contributed by atoms with Crippen LogP contribution in [0.25, 0.3) is 5.82 Å². The number of hydrogen-bond donors (Lipinski definition) is 2. The predicted molar refractivity (Wildman–Crippen MR) is 114 cm³/mol. The molecule has 2 aromatic heterocycles. The number of hydrogen-bond acceptors (Lipinski definition) is 6. The van der Waals surface area contributed by atoms with Crippen LogP contribution in [0.3, 0.4) is 0 Å². The Hall–Kier alpha value is -3.59. The van der Waals surface area contributed by atoms with E-state index >= 15 is 0 Å². The van der Waals surface area contributed by atoms with Crippen molar-refractivity contribution in [3.63, 3.8) is 0 Å². The molecule has 0 fully saturated rings.